The molecule has 1 atom stereocenters. The van der Waals surface area contributed by atoms with Gasteiger partial charge < -0.3 is 15.2 Å². The molecule has 0 radical (unpaired) electrons. The van der Waals surface area contributed by atoms with E-state index in [0.29, 0.717) is 17.4 Å². The van der Waals surface area contributed by atoms with Crippen LogP contribution in [0.5, 0.6) is 5.75 Å². The fourth-order valence-electron chi connectivity index (χ4n) is 3.18. The van der Waals surface area contributed by atoms with Gasteiger partial charge in [-0.05, 0) is 37.1 Å². The number of phenols is 1. The molecule has 1 saturated heterocycles. The first kappa shape index (κ1) is 19.4. The van der Waals surface area contributed by atoms with Crippen LogP contribution in [-0.2, 0) is 16.1 Å². The van der Waals surface area contributed by atoms with E-state index in [0.717, 1.165) is 30.8 Å². The third-order valence-electron chi connectivity index (χ3n) is 4.53. The van der Waals surface area contributed by atoms with Crippen LogP contribution < -0.4 is 5.32 Å². The number of benzene rings is 1. The van der Waals surface area contributed by atoms with Crippen molar-refractivity contribution < 1.29 is 14.6 Å². The molecular formula is C20H21N5O3S. The third-order valence-corrected chi connectivity index (χ3v) is 5.49. The van der Waals surface area contributed by atoms with Crippen LogP contribution in [0, 0.1) is 0 Å². The Labute approximate surface area is 172 Å². The molecule has 1 fully saturated rings. The maximum atomic E-state index is 12.3. The molecule has 0 unspecified atom stereocenters. The molecule has 29 heavy (non-hydrogen) atoms. The van der Waals surface area contributed by atoms with Crippen molar-refractivity contribution in [2.45, 2.75) is 30.6 Å². The SMILES string of the molecule is O=C(CSc1nnc(-c2ccncc2)n1C[C@@H]1CCCO1)Nc1cccc(O)c1. The van der Waals surface area contributed by atoms with Crippen LogP contribution in [0.15, 0.2) is 53.9 Å². The topological polar surface area (TPSA) is 102 Å². The Hall–Kier alpha value is -2.91. The predicted molar refractivity (Wildman–Crippen MR) is 110 cm³/mol. The second-order valence-corrected chi connectivity index (χ2v) is 7.62. The number of nitrogens with zero attached hydrogens (tertiary/aromatic N) is 4. The molecule has 0 spiro atoms. The lowest BCUT2D eigenvalue weighted by Gasteiger charge is -2.14. The van der Waals surface area contributed by atoms with Gasteiger partial charge in [-0.25, -0.2) is 0 Å². The fourth-order valence-corrected chi connectivity index (χ4v) is 3.93. The number of anilines is 1. The molecule has 0 aliphatic carbocycles. The van der Waals surface area contributed by atoms with E-state index in [1.54, 1.807) is 30.6 Å². The van der Waals surface area contributed by atoms with Crippen molar-refractivity contribution in [2.75, 3.05) is 17.7 Å². The summed E-state index contributed by atoms with van der Waals surface area (Å²) in [6.45, 7) is 1.41. The minimum absolute atomic E-state index is 0.105. The molecule has 1 aromatic carbocycles. The first-order valence-electron chi connectivity index (χ1n) is 9.36. The van der Waals surface area contributed by atoms with Crippen molar-refractivity contribution in [1.82, 2.24) is 19.7 Å². The van der Waals surface area contributed by atoms with Crippen LogP contribution in [-0.4, -0.2) is 49.2 Å². The number of carbonyl (C=O) groups is 1. The van der Waals surface area contributed by atoms with Gasteiger partial charge in [0.25, 0.3) is 0 Å². The Morgan fingerprint density at radius 2 is 2.14 bits per heavy atom. The van der Waals surface area contributed by atoms with E-state index >= 15 is 0 Å². The number of rotatable bonds is 7. The number of aromatic nitrogens is 4. The van der Waals surface area contributed by atoms with Crippen LogP contribution in [0.4, 0.5) is 5.69 Å². The number of phenolic OH excluding ortho intramolecular Hbond substituents is 1. The lowest BCUT2D eigenvalue weighted by atomic mass is 10.2. The summed E-state index contributed by atoms with van der Waals surface area (Å²) in [4.78, 5) is 16.4. The van der Waals surface area contributed by atoms with Gasteiger partial charge in [0, 0.05) is 36.3 Å². The summed E-state index contributed by atoms with van der Waals surface area (Å²) >= 11 is 1.32. The Morgan fingerprint density at radius 3 is 2.90 bits per heavy atom. The highest BCUT2D eigenvalue weighted by molar-refractivity contribution is 7.99. The maximum absolute atomic E-state index is 12.3. The summed E-state index contributed by atoms with van der Waals surface area (Å²) in [6.07, 6.45) is 5.60. The molecule has 2 N–H and O–H groups in total. The van der Waals surface area contributed by atoms with Crippen LogP contribution >= 0.6 is 11.8 Å². The number of hydrogen-bond donors (Lipinski definition) is 2. The van der Waals surface area contributed by atoms with Gasteiger partial charge in [-0.3, -0.25) is 14.3 Å². The van der Waals surface area contributed by atoms with Gasteiger partial charge in [0.2, 0.25) is 5.91 Å². The first-order chi connectivity index (χ1) is 14.2. The smallest absolute Gasteiger partial charge is 0.234 e. The second kappa shape index (κ2) is 9.06. The van der Waals surface area contributed by atoms with E-state index < -0.39 is 0 Å². The van der Waals surface area contributed by atoms with E-state index in [1.807, 2.05) is 16.7 Å². The lowest BCUT2D eigenvalue weighted by molar-refractivity contribution is -0.113. The molecule has 0 bridgehead atoms. The summed E-state index contributed by atoms with van der Waals surface area (Å²) in [5.74, 6) is 0.834. The van der Waals surface area contributed by atoms with E-state index in [1.165, 1.54) is 17.8 Å². The zero-order chi connectivity index (χ0) is 20.1. The predicted octanol–water partition coefficient (Wildman–Crippen LogP) is 2.96. The Morgan fingerprint density at radius 1 is 1.28 bits per heavy atom. The van der Waals surface area contributed by atoms with Gasteiger partial charge in [0.05, 0.1) is 18.4 Å². The number of pyridine rings is 1. The lowest BCUT2D eigenvalue weighted by Crippen LogP contribution is -2.18. The van der Waals surface area contributed by atoms with Crippen molar-refractivity contribution in [3.05, 3.63) is 48.8 Å². The van der Waals surface area contributed by atoms with E-state index in [4.69, 9.17) is 4.74 Å². The van der Waals surface area contributed by atoms with Gasteiger partial charge in [0.1, 0.15) is 5.75 Å². The quantitative estimate of drug-likeness (QED) is 0.576. The number of amides is 1. The Bertz CT molecular complexity index is 973. The van der Waals surface area contributed by atoms with Crippen molar-refractivity contribution in [3.8, 4) is 17.1 Å². The molecule has 1 aliphatic rings. The number of thioether (sulfide) groups is 1. The van der Waals surface area contributed by atoms with E-state index in [9.17, 15) is 9.90 Å². The molecule has 3 heterocycles. The zero-order valence-corrected chi connectivity index (χ0v) is 16.5. The highest BCUT2D eigenvalue weighted by atomic mass is 32.2. The molecule has 4 rings (SSSR count). The van der Waals surface area contributed by atoms with E-state index in [-0.39, 0.29) is 23.5 Å². The average Bonchev–Trinajstić information content (AvgIpc) is 3.38. The van der Waals surface area contributed by atoms with Gasteiger partial charge in [0.15, 0.2) is 11.0 Å². The molecule has 1 aliphatic heterocycles. The molecule has 150 valence electrons. The summed E-state index contributed by atoms with van der Waals surface area (Å²) < 4.78 is 7.80. The number of hydrogen-bond acceptors (Lipinski definition) is 7. The standard InChI is InChI=1S/C20H21N5O3S/c26-16-4-1-3-15(11-16)22-18(27)13-29-20-24-23-19(14-6-8-21-9-7-14)25(20)12-17-5-2-10-28-17/h1,3-4,6-9,11,17,26H,2,5,10,12-13H2,(H,22,27)/t17-/m0/s1. The highest BCUT2D eigenvalue weighted by Crippen LogP contribution is 2.26. The van der Waals surface area contributed by atoms with Crippen LogP contribution in [0.1, 0.15) is 12.8 Å². The molecule has 9 heteroatoms. The summed E-state index contributed by atoms with van der Waals surface area (Å²) in [6, 6.07) is 10.2. The largest absolute Gasteiger partial charge is 0.508 e. The Balaban J connectivity index is 1.48. The molecule has 3 aromatic rings. The number of nitrogens with one attached hydrogen (secondary N) is 1. The van der Waals surface area contributed by atoms with Gasteiger partial charge in [-0.15, -0.1) is 10.2 Å². The molecule has 2 aromatic heterocycles. The van der Waals surface area contributed by atoms with Crippen molar-refractivity contribution >= 4 is 23.4 Å². The van der Waals surface area contributed by atoms with Crippen LogP contribution in [0.25, 0.3) is 11.4 Å². The van der Waals surface area contributed by atoms with E-state index in [2.05, 4.69) is 20.5 Å². The number of aromatic hydroxyl groups is 1. The zero-order valence-electron chi connectivity index (χ0n) is 15.7. The number of ether oxygens (including phenoxy) is 1. The van der Waals surface area contributed by atoms with Gasteiger partial charge in [-0.2, -0.15) is 0 Å². The fraction of sp³-hybridized carbons (Fsp3) is 0.300. The first-order valence-corrected chi connectivity index (χ1v) is 10.3. The Kier molecular flexibility index (Phi) is 6.06. The van der Waals surface area contributed by atoms with Crippen LogP contribution in [0.3, 0.4) is 0 Å². The normalized spacial score (nSPS) is 16.1. The minimum atomic E-state index is -0.183. The molecule has 0 saturated carbocycles. The monoisotopic (exact) mass is 411 g/mol. The molecular weight excluding hydrogens is 390 g/mol. The second-order valence-electron chi connectivity index (χ2n) is 6.67. The average molecular weight is 411 g/mol. The van der Waals surface area contributed by atoms with Crippen molar-refractivity contribution in [3.63, 3.8) is 0 Å². The highest BCUT2D eigenvalue weighted by Gasteiger charge is 2.22. The molecule has 8 nitrogen and oxygen atoms in total. The minimum Gasteiger partial charge on any atom is -0.508 e. The third kappa shape index (κ3) is 4.93. The maximum Gasteiger partial charge on any atom is 0.234 e. The van der Waals surface area contributed by atoms with Crippen molar-refractivity contribution in [1.29, 1.82) is 0 Å². The summed E-state index contributed by atoms with van der Waals surface area (Å²) in [7, 11) is 0. The van der Waals surface area contributed by atoms with Gasteiger partial charge in [-0.1, -0.05) is 17.8 Å². The van der Waals surface area contributed by atoms with Crippen LogP contribution in [0.2, 0.25) is 0 Å². The summed E-state index contributed by atoms with van der Waals surface area (Å²) in [5.41, 5.74) is 1.47. The summed E-state index contributed by atoms with van der Waals surface area (Å²) in [5, 5.41) is 21.6. The number of carbonyl (C=O) groups excluding carboxylic acids is 1. The van der Waals surface area contributed by atoms with Gasteiger partial charge >= 0.3 is 0 Å². The van der Waals surface area contributed by atoms with Crippen molar-refractivity contribution in [2.24, 2.45) is 0 Å². The molecule has 1 amide bonds.